The van der Waals surface area contributed by atoms with Crippen LogP contribution in [0.2, 0.25) is 5.15 Å². The third-order valence-corrected chi connectivity index (χ3v) is 3.10. The molecule has 2 rings (SSSR count). The standard InChI is InChI=1S/C13H14ClN3O2/c1-2-5-10-11(14)16-13(19)17(12(10)18)8-9-6-3-4-7-15-9/h3-4,6-7H,2,5,8H2,1H3,(H,16,19). The Kier molecular flexibility index (Phi) is 4.16. The number of halogens is 1. The normalized spacial score (nSPS) is 10.6. The molecule has 0 aliphatic rings. The maximum absolute atomic E-state index is 12.2. The van der Waals surface area contributed by atoms with Gasteiger partial charge in [0.15, 0.2) is 0 Å². The number of nitrogens with one attached hydrogen (secondary N) is 1. The van der Waals surface area contributed by atoms with Gasteiger partial charge in [-0.1, -0.05) is 31.0 Å². The van der Waals surface area contributed by atoms with E-state index < -0.39 is 5.69 Å². The third kappa shape index (κ3) is 2.93. The van der Waals surface area contributed by atoms with Crippen molar-refractivity contribution in [2.75, 3.05) is 0 Å². The summed E-state index contributed by atoms with van der Waals surface area (Å²) in [5.41, 5.74) is 0.237. The summed E-state index contributed by atoms with van der Waals surface area (Å²) >= 11 is 5.90. The molecule has 0 unspecified atom stereocenters. The average molecular weight is 280 g/mol. The number of aromatic nitrogens is 3. The van der Waals surface area contributed by atoms with Crippen molar-refractivity contribution in [3.63, 3.8) is 0 Å². The van der Waals surface area contributed by atoms with Crippen LogP contribution in [0.4, 0.5) is 0 Å². The Labute approximate surface area is 114 Å². The largest absolute Gasteiger partial charge is 0.329 e. The quantitative estimate of drug-likeness (QED) is 0.864. The maximum atomic E-state index is 12.2. The van der Waals surface area contributed by atoms with Gasteiger partial charge in [0.25, 0.3) is 5.56 Å². The van der Waals surface area contributed by atoms with Crippen LogP contribution in [-0.4, -0.2) is 14.5 Å². The van der Waals surface area contributed by atoms with E-state index in [1.54, 1.807) is 18.3 Å². The average Bonchev–Trinajstić information content (AvgIpc) is 2.41. The molecular formula is C13H14ClN3O2. The fourth-order valence-electron chi connectivity index (χ4n) is 1.85. The van der Waals surface area contributed by atoms with Gasteiger partial charge in [-0.15, -0.1) is 0 Å². The molecule has 0 aliphatic carbocycles. The Balaban J connectivity index is 2.49. The summed E-state index contributed by atoms with van der Waals surface area (Å²) in [5.74, 6) is 0. The summed E-state index contributed by atoms with van der Waals surface area (Å²) in [4.78, 5) is 30.7. The number of pyridine rings is 1. The Hall–Kier alpha value is -1.88. The van der Waals surface area contributed by atoms with Gasteiger partial charge in [-0.05, 0) is 18.6 Å². The zero-order valence-corrected chi connectivity index (χ0v) is 11.3. The van der Waals surface area contributed by atoms with Crippen LogP contribution in [0.3, 0.4) is 0 Å². The lowest BCUT2D eigenvalue weighted by atomic mass is 10.2. The Morgan fingerprint density at radius 1 is 1.37 bits per heavy atom. The minimum Gasteiger partial charge on any atom is -0.297 e. The highest BCUT2D eigenvalue weighted by Gasteiger charge is 2.12. The molecule has 0 bridgehead atoms. The van der Waals surface area contributed by atoms with E-state index >= 15 is 0 Å². The molecule has 0 aliphatic heterocycles. The highest BCUT2D eigenvalue weighted by atomic mass is 35.5. The smallest absolute Gasteiger partial charge is 0.297 e. The topological polar surface area (TPSA) is 67.8 Å². The lowest BCUT2D eigenvalue weighted by molar-refractivity contribution is 0.668. The zero-order valence-electron chi connectivity index (χ0n) is 10.5. The van der Waals surface area contributed by atoms with Gasteiger partial charge in [0.1, 0.15) is 5.15 Å². The molecule has 6 heteroatoms. The highest BCUT2D eigenvalue weighted by Crippen LogP contribution is 2.08. The third-order valence-electron chi connectivity index (χ3n) is 2.78. The van der Waals surface area contributed by atoms with Crippen molar-refractivity contribution in [1.29, 1.82) is 0 Å². The van der Waals surface area contributed by atoms with Gasteiger partial charge in [0.05, 0.1) is 17.8 Å². The van der Waals surface area contributed by atoms with Gasteiger partial charge in [-0.25, -0.2) is 4.79 Å². The number of rotatable bonds is 4. The highest BCUT2D eigenvalue weighted by molar-refractivity contribution is 6.30. The predicted octanol–water partition coefficient (Wildman–Crippen LogP) is 1.59. The van der Waals surface area contributed by atoms with Gasteiger partial charge in [0.2, 0.25) is 0 Å². The molecule has 0 amide bonds. The summed E-state index contributed by atoms with van der Waals surface area (Å²) in [6.07, 6.45) is 2.94. The number of hydrogen-bond acceptors (Lipinski definition) is 3. The minimum absolute atomic E-state index is 0.133. The number of hydrogen-bond donors (Lipinski definition) is 1. The summed E-state index contributed by atoms with van der Waals surface area (Å²) in [6.45, 7) is 2.09. The first-order chi connectivity index (χ1) is 9.13. The first-order valence-electron chi connectivity index (χ1n) is 6.05. The Morgan fingerprint density at radius 3 is 2.79 bits per heavy atom. The van der Waals surface area contributed by atoms with Crippen molar-refractivity contribution in [3.05, 3.63) is 61.6 Å². The molecule has 0 spiro atoms. The second kappa shape index (κ2) is 5.84. The van der Waals surface area contributed by atoms with Crippen LogP contribution in [0.1, 0.15) is 24.6 Å². The summed E-state index contributed by atoms with van der Waals surface area (Å²) in [7, 11) is 0. The number of H-pyrrole nitrogens is 1. The molecule has 19 heavy (non-hydrogen) atoms. The molecule has 2 heterocycles. The van der Waals surface area contributed by atoms with Crippen LogP contribution in [-0.2, 0) is 13.0 Å². The van der Waals surface area contributed by atoms with Crippen molar-refractivity contribution < 1.29 is 0 Å². The van der Waals surface area contributed by atoms with Crippen molar-refractivity contribution in [1.82, 2.24) is 14.5 Å². The molecule has 0 fully saturated rings. The lowest BCUT2D eigenvalue weighted by Gasteiger charge is -2.08. The molecule has 0 atom stereocenters. The number of aromatic amines is 1. The van der Waals surface area contributed by atoms with Crippen molar-refractivity contribution in [2.24, 2.45) is 0 Å². The van der Waals surface area contributed by atoms with E-state index in [4.69, 9.17) is 11.6 Å². The molecule has 1 N–H and O–H groups in total. The van der Waals surface area contributed by atoms with Crippen LogP contribution in [0, 0.1) is 0 Å². The summed E-state index contributed by atoms with van der Waals surface area (Å²) in [6, 6.07) is 5.35. The van der Waals surface area contributed by atoms with Crippen LogP contribution < -0.4 is 11.2 Å². The van der Waals surface area contributed by atoms with Crippen molar-refractivity contribution in [2.45, 2.75) is 26.3 Å². The van der Waals surface area contributed by atoms with Crippen LogP contribution in [0.5, 0.6) is 0 Å². The molecule has 0 aromatic carbocycles. The van der Waals surface area contributed by atoms with Crippen molar-refractivity contribution >= 4 is 11.6 Å². The maximum Gasteiger partial charge on any atom is 0.329 e. The Morgan fingerprint density at radius 2 is 2.16 bits per heavy atom. The second-order valence-electron chi connectivity index (χ2n) is 4.19. The van der Waals surface area contributed by atoms with E-state index in [2.05, 4.69) is 9.97 Å². The van der Waals surface area contributed by atoms with Gasteiger partial charge in [-0.2, -0.15) is 0 Å². The van der Waals surface area contributed by atoms with Gasteiger partial charge < -0.3 is 0 Å². The molecule has 100 valence electrons. The zero-order chi connectivity index (χ0) is 13.8. The summed E-state index contributed by atoms with van der Waals surface area (Å²) < 4.78 is 1.12. The first kappa shape index (κ1) is 13.5. The first-order valence-corrected chi connectivity index (χ1v) is 6.42. The van der Waals surface area contributed by atoms with Crippen LogP contribution in [0.15, 0.2) is 34.0 Å². The van der Waals surface area contributed by atoms with E-state index in [1.165, 1.54) is 0 Å². The molecule has 0 saturated heterocycles. The van der Waals surface area contributed by atoms with Gasteiger partial charge in [0, 0.05) is 6.20 Å². The molecule has 2 aromatic rings. The molecule has 0 saturated carbocycles. The van der Waals surface area contributed by atoms with E-state index in [0.717, 1.165) is 11.0 Å². The van der Waals surface area contributed by atoms with Crippen molar-refractivity contribution in [3.8, 4) is 0 Å². The molecule has 0 radical (unpaired) electrons. The van der Waals surface area contributed by atoms with E-state index in [0.29, 0.717) is 17.7 Å². The summed E-state index contributed by atoms with van der Waals surface area (Å²) in [5, 5.41) is 0.133. The monoisotopic (exact) mass is 279 g/mol. The van der Waals surface area contributed by atoms with E-state index in [-0.39, 0.29) is 17.3 Å². The fraction of sp³-hybridized carbons (Fsp3) is 0.308. The van der Waals surface area contributed by atoms with Crippen LogP contribution >= 0.6 is 11.6 Å². The van der Waals surface area contributed by atoms with E-state index in [9.17, 15) is 9.59 Å². The fourth-order valence-corrected chi connectivity index (χ4v) is 2.11. The molecule has 2 aromatic heterocycles. The van der Waals surface area contributed by atoms with Gasteiger partial charge >= 0.3 is 5.69 Å². The van der Waals surface area contributed by atoms with Crippen LogP contribution in [0.25, 0.3) is 0 Å². The molecule has 5 nitrogen and oxygen atoms in total. The second-order valence-corrected chi connectivity index (χ2v) is 4.56. The lowest BCUT2D eigenvalue weighted by Crippen LogP contribution is -2.37. The Bertz CT molecular complexity index is 677. The predicted molar refractivity (Wildman–Crippen MR) is 73.7 cm³/mol. The molecular weight excluding hydrogens is 266 g/mol. The van der Waals surface area contributed by atoms with E-state index in [1.807, 2.05) is 13.0 Å². The minimum atomic E-state index is -0.513. The SMILES string of the molecule is CCCc1c(Cl)[nH]c(=O)n(Cc2ccccn2)c1=O. The number of nitrogens with zero attached hydrogens (tertiary/aromatic N) is 2. The van der Waals surface area contributed by atoms with Gasteiger partial charge in [-0.3, -0.25) is 19.3 Å².